The minimum Gasteiger partial charge on any atom is -0.294 e. The predicted molar refractivity (Wildman–Crippen MR) is 97.9 cm³/mol. The summed E-state index contributed by atoms with van der Waals surface area (Å²) in [7, 11) is -3.61. The highest BCUT2D eigenvalue weighted by Crippen LogP contribution is 2.31. The van der Waals surface area contributed by atoms with Crippen molar-refractivity contribution in [1.29, 1.82) is 0 Å². The number of nitrogens with zero attached hydrogens (tertiary/aromatic N) is 1. The van der Waals surface area contributed by atoms with E-state index < -0.39 is 15.9 Å². The van der Waals surface area contributed by atoms with Crippen molar-refractivity contribution in [1.82, 2.24) is 4.31 Å². The molecule has 25 heavy (non-hydrogen) atoms. The first-order valence-corrected chi connectivity index (χ1v) is 9.66. The van der Waals surface area contributed by atoms with Crippen molar-refractivity contribution in [3.05, 3.63) is 78.4 Å². The molecular formula is C20H21NO3S. The standard InChI is InChI=1S/C20H21NO3S/c1-3-16-13-21(25(23,24)18-11-9-15(2)10-12-18)14-19(16)20(22)17-7-5-4-6-8-17/h3-12,16,19H,1,13-14H2,2H3/t16-,19+/m0/s1. The molecule has 0 aliphatic carbocycles. The zero-order valence-corrected chi connectivity index (χ0v) is 14.9. The summed E-state index contributed by atoms with van der Waals surface area (Å²) in [5, 5.41) is 0. The van der Waals surface area contributed by atoms with Crippen LogP contribution in [-0.2, 0) is 10.0 Å². The molecule has 0 spiro atoms. The molecule has 1 aliphatic rings. The van der Waals surface area contributed by atoms with E-state index in [2.05, 4.69) is 6.58 Å². The van der Waals surface area contributed by atoms with Crippen LogP contribution in [-0.4, -0.2) is 31.6 Å². The maximum absolute atomic E-state index is 12.9. The fourth-order valence-corrected chi connectivity index (χ4v) is 4.68. The maximum atomic E-state index is 12.9. The molecule has 0 radical (unpaired) electrons. The predicted octanol–water partition coefficient (Wildman–Crippen LogP) is 3.30. The van der Waals surface area contributed by atoms with Gasteiger partial charge in [-0.15, -0.1) is 6.58 Å². The van der Waals surface area contributed by atoms with Crippen LogP contribution < -0.4 is 0 Å². The Hall–Kier alpha value is -2.24. The number of benzene rings is 2. The Bertz CT molecular complexity index is 873. The Labute approximate surface area is 148 Å². The third-order valence-corrected chi connectivity index (χ3v) is 6.53. The van der Waals surface area contributed by atoms with Crippen molar-refractivity contribution in [2.75, 3.05) is 13.1 Å². The molecule has 1 aliphatic heterocycles. The van der Waals surface area contributed by atoms with Gasteiger partial charge >= 0.3 is 0 Å². The fourth-order valence-electron chi connectivity index (χ4n) is 3.18. The normalized spacial score (nSPS) is 21.2. The van der Waals surface area contributed by atoms with Gasteiger partial charge in [0.15, 0.2) is 5.78 Å². The molecule has 2 atom stereocenters. The third-order valence-electron chi connectivity index (χ3n) is 4.69. The number of sulfonamides is 1. The monoisotopic (exact) mass is 355 g/mol. The number of ketones is 1. The minimum atomic E-state index is -3.61. The fraction of sp³-hybridized carbons (Fsp3) is 0.250. The van der Waals surface area contributed by atoms with Gasteiger partial charge in [0.25, 0.3) is 0 Å². The first kappa shape index (κ1) is 17.6. The molecule has 0 amide bonds. The summed E-state index contributed by atoms with van der Waals surface area (Å²) in [6, 6.07) is 15.8. The lowest BCUT2D eigenvalue weighted by Gasteiger charge is -2.16. The highest BCUT2D eigenvalue weighted by molar-refractivity contribution is 7.89. The second-order valence-electron chi connectivity index (χ2n) is 6.37. The van der Waals surface area contributed by atoms with Crippen molar-refractivity contribution in [3.63, 3.8) is 0 Å². The number of hydrogen-bond acceptors (Lipinski definition) is 3. The van der Waals surface area contributed by atoms with Crippen LogP contribution in [0, 0.1) is 18.8 Å². The van der Waals surface area contributed by atoms with Gasteiger partial charge in [0.1, 0.15) is 0 Å². The molecule has 2 aromatic carbocycles. The Morgan fingerprint density at radius 3 is 2.32 bits per heavy atom. The molecule has 0 aromatic heterocycles. The van der Waals surface area contributed by atoms with E-state index in [4.69, 9.17) is 0 Å². The van der Waals surface area contributed by atoms with Gasteiger partial charge in [-0.05, 0) is 19.1 Å². The van der Waals surface area contributed by atoms with Gasteiger partial charge in [-0.25, -0.2) is 8.42 Å². The van der Waals surface area contributed by atoms with Gasteiger partial charge in [0.05, 0.1) is 4.90 Å². The molecular weight excluding hydrogens is 334 g/mol. The smallest absolute Gasteiger partial charge is 0.243 e. The third kappa shape index (κ3) is 3.43. The van der Waals surface area contributed by atoms with Gasteiger partial charge in [-0.3, -0.25) is 4.79 Å². The van der Waals surface area contributed by atoms with E-state index in [0.29, 0.717) is 5.56 Å². The van der Waals surface area contributed by atoms with E-state index >= 15 is 0 Å². The quantitative estimate of drug-likeness (QED) is 0.611. The van der Waals surface area contributed by atoms with Crippen LogP contribution in [0.3, 0.4) is 0 Å². The Kier molecular flexibility index (Phi) is 4.88. The molecule has 1 saturated heterocycles. The minimum absolute atomic E-state index is 0.0351. The van der Waals surface area contributed by atoms with E-state index in [1.54, 1.807) is 42.5 Å². The molecule has 3 rings (SSSR count). The molecule has 4 nitrogen and oxygen atoms in total. The highest BCUT2D eigenvalue weighted by atomic mass is 32.2. The van der Waals surface area contributed by atoms with E-state index in [0.717, 1.165) is 5.56 Å². The number of aryl methyl sites for hydroxylation is 1. The topological polar surface area (TPSA) is 54.5 Å². The Morgan fingerprint density at radius 2 is 1.72 bits per heavy atom. The number of Topliss-reactive ketones (excluding diaryl/α,β-unsaturated/α-hetero) is 1. The molecule has 0 unspecified atom stereocenters. The van der Waals surface area contributed by atoms with E-state index in [1.165, 1.54) is 4.31 Å². The second-order valence-corrected chi connectivity index (χ2v) is 8.31. The van der Waals surface area contributed by atoms with Crippen LogP contribution in [0.4, 0.5) is 0 Å². The summed E-state index contributed by atoms with van der Waals surface area (Å²) in [6.07, 6.45) is 1.69. The van der Waals surface area contributed by atoms with Crippen LogP contribution in [0.2, 0.25) is 0 Å². The molecule has 0 N–H and O–H groups in total. The largest absolute Gasteiger partial charge is 0.294 e. The van der Waals surface area contributed by atoms with E-state index in [1.807, 2.05) is 25.1 Å². The van der Waals surface area contributed by atoms with Gasteiger partial charge in [0, 0.05) is 30.5 Å². The first-order valence-electron chi connectivity index (χ1n) is 8.22. The van der Waals surface area contributed by atoms with Crippen molar-refractivity contribution in [3.8, 4) is 0 Å². The van der Waals surface area contributed by atoms with Gasteiger partial charge < -0.3 is 0 Å². The maximum Gasteiger partial charge on any atom is 0.243 e. The molecule has 5 heteroatoms. The zero-order valence-electron chi connectivity index (χ0n) is 14.1. The average molecular weight is 355 g/mol. The summed E-state index contributed by atoms with van der Waals surface area (Å²) in [6.45, 7) is 6.17. The molecule has 0 saturated carbocycles. The summed E-state index contributed by atoms with van der Waals surface area (Å²) in [5.74, 6) is -0.625. The molecule has 130 valence electrons. The number of hydrogen-bond donors (Lipinski definition) is 0. The second kappa shape index (κ2) is 6.94. The first-order chi connectivity index (χ1) is 11.9. The average Bonchev–Trinajstić information content (AvgIpc) is 3.07. The lowest BCUT2D eigenvalue weighted by atomic mass is 9.88. The number of rotatable bonds is 5. The zero-order chi connectivity index (χ0) is 18.0. The van der Waals surface area contributed by atoms with Crippen molar-refractivity contribution in [2.45, 2.75) is 11.8 Å². The summed E-state index contributed by atoms with van der Waals surface area (Å²) in [4.78, 5) is 13.1. The SMILES string of the molecule is C=C[C@H]1CN(S(=O)(=O)c2ccc(C)cc2)C[C@H]1C(=O)c1ccccc1. The summed E-state index contributed by atoms with van der Waals surface area (Å²) >= 11 is 0. The van der Waals surface area contributed by atoms with Crippen molar-refractivity contribution < 1.29 is 13.2 Å². The lowest BCUT2D eigenvalue weighted by Crippen LogP contribution is -2.30. The summed E-state index contributed by atoms with van der Waals surface area (Å²) < 4.78 is 27.2. The van der Waals surface area contributed by atoms with E-state index in [-0.39, 0.29) is 29.7 Å². The van der Waals surface area contributed by atoms with Crippen LogP contribution in [0.5, 0.6) is 0 Å². The Balaban J connectivity index is 1.87. The van der Waals surface area contributed by atoms with Crippen LogP contribution >= 0.6 is 0 Å². The van der Waals surface area contributed by atoms with E-state index in [9.17, 15) is 13.2 Å². The van der Waals surface area contributed by atoms with Gasteiger partial charge in [-0.1, -0.05) is 54.1 Å². The molecule has 0 bridgehead atoms. The number of carbonyl (C=O) groups is 1. The van der Waals surface area contributed by atoms with Crippen molar-refractivity contribution in [2.24, 2.45) is 11.8 Å². The Morgan fingerprint density at radius 1 is 1.08 bits per heavy atom. The van der Waals surface area contributed by atoms with Crippen LogP contribution in [0.25, 0.3) is 0 Å². The lowest BCUT2D eigenvalue weighted by molar-refractivity contribution is 0.0912. The molecule has 1 heterocycles. The van der Waals surface area contributed by atoms with Gasteiger partial charge in [0.2, 0.25) is 10.0 Å². The van der Waals surface area contributed by atoms with Crippen LogP contribution in [0.1, 0.15) is 15.9 Å². The van der Waals surface area contributed by atoms with Gasteiger partial charge in [-0.2, -0.15) is 4.31 Å². The van der Waals surface area contributed by atoms with Crippen molar-refractivity contribution >= 4 is 15.8 Å². The number of carbonyl (C=O) groups excluding carboxylic acids is 1. The summed E-state index contributed by atoms with van der Waals surface area (Å²) in [5.41, 5.74) is 1.61. The molecule has 2 aromatic rings. The van der Waals surface area contributed by atoms with Crippen LogP contribution in [0.15, 0.2) is 72.1 Å². The molecule has 1 fully saturated rings. The highest BCUT2D eigenvalue weighted by Gasteiger charge is 2.41.